The molecule has 1 aromatic carbocycles. The number of benzene rings is 1. The van der Waals surface area contributed by atoms with E-state index in [1.165, 1.54) is 18.2 Å². The molecule has 0 bridgehead atoms. The van der Waals surface area contributed by atoms with Gasteiger partial charge in [-0.05, 0) is 36.8 Å². The molecule has 0 fully saturated rings. The predicted octanol–water partition coefficient (Wildman–Crippen LogP) is 3.34. The molecule has 0 amide bonds. The van der Waals surface area contributed by atoms with Crippen molar-refractivity contribution in [1.82, 2.24) is 9.55 Å². The molecule has 0 aliphatic heterocycles. The van der Waals surface area contributed by atoms with Gasteiger partial charge in [0.2, 0.25) is 0 Å². The largest absolute Gasteiger partial charge is 0.462 e. The van der Waals surface area contributed by atoms with E-state index in [-0.39, 0.29) is 34.0 Å². The van der Waals surface area contributed by atoms with Crippen LogP contribution in [0.1, 0.15) is 18.2 Å². The van der Waals surface area contributed by atoms with Gasteiger partial charge in [0.25, 0.3) is 5.56 Å². The third-order valence-corrected chi connectivity index (χ3v) is 3.84. The lowest BCUT2D eigenvalue weighted by Crippen LogP contribution is -2.35. The molecule has 6 nitrogen and oxygen atoms in total. The molecule has 0 aliphatic rings. The summed E-state index contributed by atoms with van der Waals surface area (Å²) in [4.78, 5) is 37.2. The summed E-state index contributed by atoms with van der Waals surface area (Å²) in [5.41, 5.74) is -3.87. The van der Waals surface area contributed by atoms with E-state index < -0.39 is 29.1 Å². The van der Waals surface area contributed by atoms with Gasteiger partial charge in [-0.3, -0.25) is 4.79 Å². The minimum Gasteiger partial charge on any atom is -0.462 e. The summed E-state index contributed by atoms with van der Waals surface area (Å²) in [7, 11) is 0. The van der Waals surface area contributed by atoms with Crippen LogP contribution in [0.3, 0.4) is 0 Å². The van der Waals surface area contributed by atoms with Gasteiger partial charge in [-0.1, -0.05) is 23.2 Å². The van der Waals surface area contributed by atoms with Crippen molar-refractivity contribution in [2.75, 3.05) is 6.61 Å². The van der Waals surface area contributed by atoms with E-state index in [4.69, 9.17) is 27.9 Å². The molecule has 0 aliphatic carbocycles. The van der Waals surface area contributed by atoms with Crippen molar-refractivity contribution in [3.05, 3.63) is 66.4 Å². The number of carbonyl (C=O) groups excluding carboxylic acids is 1. The molecule has 144 valence electrons. The maximum atomic E-state index is 12.7. The first-order valence-electron chi connectivity index (χ1n) is 7.32. The summed E-state index contributed by atoms with van der Waals surface area (Å²) in [6.45, 7) is 1.67. The predicted molar refractivity (Wildman–Crippen MR) is 93.1 cm³/mol. The lowest BCUT2D eigenvalue weighted by atomic mass is 10.1. The topological polar surface area (TPSA) is 81.2 Å². The van der Waals surface area contributed by atoms with E-state index in [0.717, 1.165) is 6.08 Å². The molecule has 1 aromatic heterocycles. The Labute approximate surface area is 159 Å². The molecule has 1 heterocycles. The van der Waals surface area contributed by atoms with Gasteiger partial charge in [0, 0.05) is 11.1 Å². The van der Waals surface area contributed by atoms with Gasteiger partial charge in [0.15, 0.2) is 0 Å². The Kier molecular flexibility index (Phi) is 6.17. The van der Waals surface area contributed by atoms with E-state index in [9.17, 15) is 27.6 Å². The summed E-state index contributed by atoms with van der Waals surface area (Å²) in [5, 5.41) is -0.192. The molecular formula is C16H11Cl2F3N2O4. The molecule has 1 N–H and O–H groups in total. The first-order valence-corrected chi connectivity index (χ1v) is 8.08. The van der Waals surface area contributed by atoms with Crippen LogP contribution in [-0.2, 0) is 15.7 Å². The highest BCUT2D eigenvalue weighted by atomic mass is 35.5. The molecule has 0 radical (unpaired) electrons. The standard InChI is InChI=1S/C16H11Cl2F3N2O4/c1-2-27-14(25)11(18)6-8-5-9(3-4-10(8)17)23-13(24)7-12(16(19,20)21)22-15(23)26/h3-7H,2H2,1H3,(H,22,26)/b11-6-. The number of carbonyl (C=O) groups is 1. The number of esters is 1. The minimum absolute atomic E-state index is 0.0704. The van der Waals surface area contributed by atoms with Crippen LogP contribution in [0.5, 0.6) is 0 Å². The van der Waals surface area contributed by atoms with Gasteiger partial charge in [0.1, 0.15) is 10.7 Å². The monoisotopic (exact) mass is 422 g/mol. The van der Waals surface area contributed by atoms with Crippen LogP contribution in [0.2, 0.25) is 5.02 Å². The number of halogens is 5. The third kappa shape index (κ3) is 4.81. The molecule has 2 rings (SSSR count). The van der Waals surface area contributed by atoms with Crippen LogP contribution >= 0.6 is 23.2 Å². The summed E-state index contributed by atoms with van der Waals surface area (Å²) >= 11 is 11.8. The first-order chi connectivity index (χ1) is 12.5. The minimum atomic E-state index is -4.88. The highest BCUT2D eigenvalue weighted by molar-refractivity contribution is 6.43. The Morgan fingerprint density at radius 3 is 2.52 bits per heavy atom. The Balaban J connectivity index is 2.57. The quantitative estimate of drug-likeness (QED) is 0.605. The van der Waals surface area contributed by atoms with Crippen LogP contribution in [0.25, 0.3) is 11.8 Å². The Bertz CT molecular complexity index is 994. The molecule has 0 saturated heterocycles. The number of hydrogen-bond acceptors (Lipinski definition) is 4. The van der Waals surface area contributed by atoms with Crippen LogP contribution < -0.4 is 11.2 Å². The number of rotatable bonds is 4. The van der Waals surface area contributed by atoms with Gasteiger partial charge in [0.05, 0.1) is 12.3 Å². The second-order valence-corrected chi connectivity index (χ2v) is 5.89. The van der Waals surface area contributed by atoms with Gasteiger partial charge < -0.3 is 9.72 Å². The SMILES string of the molecule is CCOC(=O)/C(Cl)=C/c1cc(-n2c(=O)cc(C(F)(F)F)[nH]c2=O)ccc1Cl. The molecule has 0 unspecified atom stereocenters. The van der Waals surface area contributed by atoms with Crippen molar-refractivity contribution < 1.29 is 22.7 Å². The lowest BCUT2D eigenvalue weighted by molar-refractivity contribution is -0.141. The molecule has 0 spiro atoms. The van der Waals surface area contributed by atoms with Crippen molar-refractivity contribution in [2.45, 2.75) is 13.1 Å². The summed E-state index contributed by atoms with van der Waals surface area (Å²) in [6.07, 6.45) is -3.73. The number of nitrogens with zero attached hydrogens (tertiary/aromatic N) is 1. The van der Waals surface area contributed by atoms with Gasteiger partial charge in [-0.2, -0.15) is 13.2 Å². The number of ether oxygens (including phenoxy) is 1. The van der Waals surface area contributed by atoms with Gasteiger partial charge in [-0.25, -0.2) is 14.2 Å². The van der Waals surface area contributed by atoms with Crippen molar-refractivity contribution in [3.8, 4) is 5.69 Å². The molecule has 2 aromatic rings. The lowest BCUT2D eigenvalue weighted by Gasteiger charge is -2.10. The summed E-state index contributed by atoms with van der Waals surface area (Å²) in [5.74, 6) is -0.815. The second-order valence-electron chi connectivity index (χ2n) is 5.08. The van der Waals surface area contributed by atoms with E-state index in [1.807, 2.05) is 0 Å². The number of H-pyrrole nitrogens is 1. The van der Waals surface area contributed by atoms with Crippen LogP contribution in [0.4, 0.5) is 13.2 Å². The van der Waals surface area contributed by atoms with Crippen molar-refractivity contribution in [3.63, 3.8) is 0 Å². The van der Waals surface area contributed by atoms with Crippen LogP contribution in [-0.4, -0.2) is 22.1 Å². The van der Waals surface area contributed by atoms with E-state index in [0.29, 0.717) is 4.57 Å². The Hall–Kier alpha value is -2.52. The molecule has 27 heavy (non-hydrogen) atoms. The molecule has 0 atom stereocenters. The number of aromatic nitrogens is 2. The second kappa shape index (κ2) is 8.01. The fraction of sp³-hybridized carbons (Fsp3) is 0.188. The Morgan fingerprint density at radius 1 is 1.30 bits per heavy atom. The third-order valence-electron chi connectivity index (χ3n) is 3.23. The highest BCUT2D eigenvalue weighted by Gasteiger charge is 2.33. The van der Waals surface area contributed by atoms with Crippen molar-refractivity contribution in [2.24, 2.45) is 0 Å². The highest BCUT2D eigenvalue weighted by Crippen LogP contribution is 2.26. The number of aromatic amines is 1. The van der Waals surface area contributed by atoms with E-state index in [1.54, 1.807) is 11.9 Å². The number of hydrogen-bond donors (Lipinski definition) is 1. The zero-order chi connectivity index (χ0) is 20.4. The van der Waals surface area contributed by atoms with E-state index >= 15 is 0 Å². The fourth-order valence-electron chi connectivity index (χ4n) is 2.07. The van der Waals surface area contributed by atoms with E-state index in [2.05, 4.69) is 0 Å². The van der Waals surface area contributed by atoms with Gasteiger partial charge >= 0.3 is 17.8 Å². The smallest absolute Gasteiger partial charge is 0.431 e. The zero-order valence-corrected chi connectivity index (χ0v) is 15.1. The molecule has 0 saturated carbocycles. The summed E-state index contributed by atoms with van der Waals surface area (Å²) < 4.78 is 43.2. The zero-order valence-electron chi connectivity index (χ0n) is 13.6. The maximum Gasteiger partial charge on any atom is 0.431 e. The van der Waals surface area contributed by atoms with Crippen LogP contribution in [0.15, 0.2) is 38.9 Å². The van der Waals surface area contributed by atoms with Crippen molar-refractivity contribution >= 4 is 35.2 Å². The normalized spacial score (nSPS) is 12.1. The van der Waals surface area contributed by atoms with Gasteiger partial charge in [-0.15, -0.1) is 0 Å². The number of nitrogens with one attached hydrogen (secondary N) is 1. The average Bonchev–Trinajstić information content (AvgIpc) is 2.56. The maximum absolute atomic E-state index is 12.7. The average molecular weight is 423 g/mol. The van der Waals surface area contributed by atoms with Crippen LogP contribution in [0, 0.1) is 0 Å². The number of alkyl halides is 3. The molecule has 11 heteroatoms. The first kappa shape index (κ1) is 20.8. The fourth-order valence-corrected chi connectivity index (χ4v) is 2.41. The molecular weight excluding hydrogens is 412 g/mol. The Morgan fingerprint density at radius 2 is 1.96 bits per heavy atom. The summed E-state index contributed by atoms with van der Waals surface area (Å²) in [6, 6.07) is 4.02. The van der Waals surface area contributed by atoms with Crippen molar-refractivity contribution in [1.29, 1.82) is 0 Å².